The molecule has 0 spiro atoms. The fourth-order valence-electron chi connectivity index (χ4n) is 1.46. The lowest BCUT2D eigenvalue weighted by Crippen LogP contribution is -2.41. The van der Waals surface area contributed by atoms with E-state index in [1.165, 1.54) is 6.92 Å². The van der Waals surface area contributed by atoms with Gasteiger partial charge in [-0.15, -0.1) is 0 Å². The van der Waals surface area contributed by atoms with Gasteiger partial charge in [0.1, 0.15) is 11.3 Å². The van der Waals surface area contributed by atoms with Gasteiger partial charge < -0.3 is 9.84 Å². The van der Waals surface area contributed by atoms with Crippen LogP contribution in [0.2, 0.25) is 0 Å². The quantitative estimate of drug-likeness (QED) is 0.636. The highest BCUT2D eigenvalue weighted by atomic mass is 19.4. The predicted octanol–water partition coefficient (Wildman–Crippen LogP) is 3.56. The molecule has 0 saturated carbocycles. The average Bonchev–Trinajstić information content (AvgIpc) is 2.42. The number of rotatable bonds is 6. The second kappa shape index (κ2) is 6.35. The molecule has 0 heterocycles. The summed E-state index contributed by atoms with van der Waals surface area (Å²) >= 11 is 0. The lowest BCUT2D eigenvalue weighted by molar-refractivity contribution is -0.290. The minimum atomic E-state index is -5.82. The number of alkyl halides is 5. The van der Waals surface area contributed by atoms with Gasteiger partial charge in [0, 0.05) is 5.57 Å². The molecule has 0 fully saturated rings. The fourth-order valence-corrected chi connectivity index (χ4v) is 1.46. The molecule has 0 aliphatic carbocycles. The smallest absolute Gasteiger partial charge is 0.456 e. The number of halogens is 5. The van der Waals surface area contributed by atoms with E-state index in [4.69, 9.17) is 5.11 Å². The van der Waals surface area contributed by atoms with Crippen LogP contribution in [-0.4, -0.2) is 35.6 Å². The lowest BCUT2D eigenvalue weighted by Gasteiger charge is -2.20. The number of carboxylic acid groups (broad SMARTS) is 1. The van der Waals surface area contributed by atoms with Crippen LogP contribution < -0.4 is 4.74 Å². The van der Waals surface area contributed by atoms with Crippen LogP contribution in [0, 0.1) is 0 Å². The van der Waals surface area contributed by atoms with Crippen molar-refractivity contribution in [1.29, 1.82) is 0 Å². The lowest BCUT2D eigenvalue weighted by atomic mass is 10.0. The van der Waals surface area contributed by atoms with E-state index < -0.39 is 41.8 Å². The van der Waals surface area contributed by atoms with E-state index in [2.05, 4.69) is 11.3 Å². The first-order chi connectivity index (χ1) is 10.4. The van der Waals surface area contributed by atoms with E-state index in [1.807, 2.05) is 0 Å². The number of allylic oxidation sites excluding steroid dienone is 1. The first kappa shape index (κ1) is 18.6. The molecule has 9 heteroatoms. The molecule has 0 aromatic heterocycles. The van der Waals surface area contributed by atoms with Gasteiger partial charge >= 0.3 is 18.1 Å². The van der Waals surface area contributed by atoms with Crippen molar-refractivity contribution in [3.05, 3.63) is 35.9 Å². The van der Waals surface area contributed by atoms with Crippen molar-refractivity contribution in [2.45, 2.75) is 19.0 Å². The minimum absolute atomic E-state index is 0.0420. The molecule has 0 aliphatic heterocycles. The summed E-state index contributed by atoms with van der Waals surface area (Å²) in [6.45, 7) is 2.53. The van der Waals surface area contributed by atoms with Crippen LogP contribution in [0.5, 0.6) is 5.75 Å². The standard InChI is InChI=1S/C14H11F5O4/c1-7(8(2)20)9-3-4-11(10(5-9)12(21)22)23-6-13(15,16)14(17,18)19/h3-5H,1,6H2,2H3,(H,21,22). The highest BCUT2D eigenvalue weighted by Gasteiger charge is 2.58. The summed E-state index contributed by atoms with van der Waals surface area (Å²) < 4.78 is 66.1. The second-order valence-electron chi connectivity index (χ2n) is 4.54. The summed E-state index contributed by atoms with van der Waals surface area (Å²) in [5.41, 5.74) is -0.618. The van der Waals surface area contributed by atoms with E-state index >= 15 is 0 Å². The molecule has 1 N–H and O–H groups in total. The zero-order chi connectivity index (χ0) is 18.0. The third-order valence-corrected chi connectivity index (χ3v) is 2.81. The van der Waals surface area contributed by atoms with Crippen molar-refractivity contribution in [2.75, 3.05) is 6.61 Å². The Labute approximate surface area is 127 Å². The number of ether oxygens (including phenoxy) is 1. The van der Waals surface area contributed by atoms with Crippen LogP contribution in [0.1, 0.15) is 22.8 Å². The van der Waals surface area contributed by atoms with E-state index in [0.29, 0.717) is 0 Å². The second-order valence-corrected chi connectivity index (χ2v) is 4.54. The first-order valence-corrected chi connectivity index (χ1v) is 6.01. The molecule has 1 aromatic rings. The topological polar surface area (TPSA) is 63.6 Å². The molecular formula is C14H11F5O4. The summed E-state index contributed by atoms with van der Waals surface area (Å²) in [5, 5.41) is 9.00. The number of Topliss-reactive ketones (excluding diaryl/α,β-unsaturated/α-hetero) is 1. The zero-order valence-corrected chi connectivity index (χ0v) is 11.7. The van der Waals surface area contributed by atoms with Gasteiger partial charge in [-0.05, 0) is 24.6 Å². The SMILES string of the molecule is C=C(C(C)=O)c1ccc(OCC(F)(F)C(F)(F)F)c(C(=O)O)c1. The van der Waals surface area contributed by atoms with Crippen molar-refractivity contribution < 1.29 is 41.4 Å². The normalized spacial score (nSPS) is 11.9. The number of carbonyl (C=O) groups is 2. The Morgan fingerprint density at radius 1 is 1.22 bits per heavy atom. The van der Waals surface area contributed by atoms with Gasteiger partial charge in [0.05, 0.1) is 0 Å². The third kappa shape index (κ3) is 4.27. The first-order valence-electron chi connectivity index (χ1n) is 6.01. The van der Waals surface area contributed by atoms with Gasteiger partial charge in [-0.2, -0.15) is 22.0 Å². The van der Waals surface area contributed by atoms with E-state index in [-0.39, 0.29) is 11.1 Å². The largest absolute Gasteiger partial charge is 0.486 e. The van der Waals surface area contributed by atoms with Gasteiger partial charge in [-0.1, -0.05) is 12.6 Å². The van der Waals surface area contributed by atoms with Gasteiger partial charge in [-0.25, -0.2) is 4.79 Å². The van der Waals surface area contributed by atoms with Crippen molar-refractivity contribution in [3.63, 3.8) is 0 Å². The Kier molecular flexibility index (Phi) is 5.13. The Morgan fingerprint density at radius 3 is 2.22 bits per heavy atom. The van der Waals surface area contributed by atoms with Crippen LogP contribution in [0.15, 0.2) is 24.8 Å². The Hall–Kier alpha value is -2.45. The molecule has 0 amide bonds. The highest BCUT2D eigenvalue weighted by Crippen LogP contribution is 2.36. The number of hydrogen-bond acceptors (Lipinski definition) is 3. The minimum Gasteiger partial charge on any atom is -0.486 e. The van der Waals surface area contributed by atoms with Crippen molar-refractivity contribution in [3.8, 4) is 5.75 Å². The van der Waals surface area contributed by atoms with Gasteiger partial charge in [0.2, 0.25) is 0 Å². The molecule has 23 heavy (non-hydrogen) atoms. The number of ketones is 1. The Balaban J connectivity index is 3.11. The zero-order valence-electron chi connectivity index (χ0n) is 11.7. The van der Waals surface area contributed by atoms with Crippen LogP contribution in [0.4, 0.5) is 22.0 Å². The number of hydrogen-bond donors (Lipinski definition) is 1. The summed E-state index contributed by atoms with van der Waals surface area (Å²) in [4.78, 5) is 22.3. The van der Waals surface area contributed by atoms with Crippen LogP contribution in [0.25, 0.3) is 5.57 Å². The highest BCUT2D eigenvalue weighted by molar-refractivity contribution is 6.19. The number of carboxylic acids is 1. The summed E-state index contributed by atoms with van der Waals surface area (Å²) in [6, 6.07) is 2.93. The monoisotopic (exact) mass is 338 g/mol. The molecule has 0 aliphatic rings. The predicted molar refractivity (Wildman–Crippen MR) is 69.6 cm³/mol. The maximum atomic E-state index is 12.8. The molecule has 0 atom stereocenters. The van der Waals surface area contributed by atoms with E-state index in [0.717, 1.165) is 18.2 Å². The molecular weight excluding hydrogens is 327 g/mol. The van der Waals surface area contributed by atoms with Gasteiger partial charge in [0.15, 0.2) is 12.4 Å². The summed E-state index contributed by atoms with van der Waals surface area (Å²) in [7, 11) is 0. The number of carbonyl (C=O) groups excluding carboxylic acids is 1. The summed E-state index contributed by atoms with van der Waals surface area (Å²) in [6.07, 6.45) is -5.82. The Bertz CT molecular complexity index is 649. The van der Waals surface area contributed by atoms with Crippen LogP contribution >= 0.6 is 0 Å². The Morgan fingerprint density at radius 2 is 1.78 bits per heavy atom. The maximum Gasteiger partial charge on any atom is 0.456 e. The number of aromatic carboxylic acids is 1. The molecule has 1 rings (SSSR count). The van der Waals surface area contributed by atoms with Gasteiger partial charge in [-0.3, -0.25) is 4.79 Å². The molecule has 0 unspecified atom stereocenters. The summed E-state index contributed by atoms with van der Waals surface area (Å²) in [5.74, 6) is -7.89. The molecule has 4 nitrogen and oxygen atoms in total. The van der Waals surface area contributed by atoms with Crippen LogP contribution in [0.3, 0.4) is 0 Å². The fraction of sp³-hybridized carbons (Fsp3) is 0.286. The van der Waals surface area contributed by atoms with Crippen LogP contribution in [-0.2, 0) is 4.79 Å². The van der Waals surface area contributed by atoms with E-state index in [9.17, 15) is 31.5 Å². The van der Waals surface area contributed by atoms with Crippen molar-refractivity contribution >= 4 is 17.3 Å². The third-order valence-electron chi connectivity index (χ3n) is 2.81. The number of benzene rings is 1. The van der Waals surface area contributed by atoms with Crippen molar-refractivity contribution in [2.24, 2.45) is 0 Å². The average molecular weight is 338 g/mol. The van der Waals surface area contributed by atoms with Crippen molar-refractivity contribution in [1.82, 2.24) is 0 Å². The van der Waals surface area contributed by atoms with Gasteiger partial charge in [0.25, 0.3) is 0 Å². The molecule has 126 valence electrons. The maximum absolute atomic E-state index is 12.8. The molecule has 0 saturated heterocycles. The van der Waals surface area contributed by atoms with E-state index in [1.54, 1.807) is 0 Å². The molecule has 0 bridgehead atoms. The molecule has 0 radical (unpaired) electrons. The molecule has 1 aromatic carbocycles.